The summed E-state index contributed by atoms with van der Waals surface area (Å²) in [6, 6.07) is 4.85. The van der Waals surface area contributed by atoms with E-state index in [9.17, 15) is 9.59 Å². The van der Waals surface area contributed by atoms with Crippen LogP contribution in [0.3, 0.4) is 0 Å². The first-order valence-electron chi connectivity index (χ1n) is 7.35. The molecule has 0 aliphatic heterocycles. The van der Waals surface area contributed by atoms with Crippen LogP contribution in [0.1, 0.15) is 26.5 Å². The van der Waals surface area contributed by atoms with Crippen molar-refractivity contribution in [1.82, 2.24) is 10.1 Å². The molecule has 0 aliphatic rings. The summed E-state index contributed by atoms with van der Waals surface area (Å²) in [5.41, 5.74) is 0.0621. The maximum atomic E-state index is 12.5. The lowest BCUT2D eigenvalue weighted by atomic mass is 10.2. The number of rotatable bonds is 3. The molecular weight excluding hydrogens is 350 g/mol. The van der Waals surface area contributed by atoms with Gasteiger partial charge >= 0.3 is 12.2 Å². The molecule has 0 unspecified atom stereocenters. The quantitative estimate of drug-likeness (QED) is 0.757. The fraction of sp³-hybridized carbons (Fsp3) is 0.375. The number of aromatic nitrogens is 2. The number of methoxy groups -OCH3 is 1. The molecule has 0 bridgehead atoms. The van der Waals surface area contributed by atoms with Crippen molar-refractivity contribution in [3.05, 3.63) is 30.1 Å². The van der Waals surface area contributed by atoms with Crippen LogP contribution in [0.5, 0.6) is 0 Å². The van der Waals surface area contributed by atoms with E-state index in [4.69, 9.17) is 25.6 Å². The van der Waals surface area contributed by atoms with Crippen molar-refractivity contribution in [1.29, 1.82) is 0 Å². The number of anilines is 1. The molecule has 2 aromatic rings. The van der Waals surface area contributed by atoms with Crippen molar-refractivity contribution in [2.75, 3.05) is 12.0 Å². The predicted molar refractivity (Wildman–Crippen MR) is 90.4 cm³/mol. The Morgan fingerprint density at radius 1 is 1.32 bits per heavy atom. The fourth-order valence-corrected chi connectivity index (χ4v) is 2.04. The van der Waals surface area contributed by atoms with Gasteiger partial charge in [-0.3, -0.25) is 0 Å². The summed E-state index contributed by atoms with van der Waals surface area (Å²) in [5, 5.41) is 3.80. The number of halogens is 1. The van der Waals surface area contributed by atoms with Gasteiger partial charge in [0.15, 0.2) is 11.6 Å². The number of hydrogen-bond donors (Lipinski definition) is 0. The highest BCUT2D eigenvalue weighted by atomic mass is 35.5. The van der Waals surface area contributed by atoms with Crippen LogP contribution in [0.25, 0.3) is 11.3 Å². The smallest absolute Gasteiger partial charge is 0.425 e. The minimum atomic E-state index is -0.939. The largest absolute Gasteiger partial charge is 0.452 e. The maximum Gasteiger partial charge on any atom is 0.425 e. The number of hydrogen-bond acceptors (Lipinski definition) is 7. The molecule has 134 valence electrons. The Balaban J connectivity index is 2.51. The van der Waals surface area contributed by atoms with E-state index in [-0.39, 0.29) is 11.7 Å². The molecule has 2 heterocycles. The molecule has 9 heteroatoms. The number of pyridine rings is 1. The average molecular weight is 368 g/mol. The molecular formula is C16H18ClN3O5. The van der Waals surface area contributed by atoms with Crippen molar-refractivity contribution in [2.45, 2.75) is 32.3 Å². The predicted octanol–water partition coefficient (Wildman–Crippen LogP) is 3.98. The molecule has 0 aromatic carbocycles. The van der Waals surface area contributed by atoms with Crippen molar-refractivity contribution in [2.24, 2.45) is 0 Å². The minimum absolute atomic E-state index is 0.000808. The zero-order valence-corrected chi connectivity index (χ0v) is 15.0. The molecule has 0 atom stereocenters. The summed E-state index contributed by atoms with van der Waals surface area (Å²) in [5.74, 6) is 0.461. The molecule has 0 spiro atoms. The molecule has 0 saturated heterocycles. The highest BCUT2D eigenvalue weighted by Crippen LogP contribution is 2.31. The topological polar surface area (TPSA) is 94.8 Å². The Morgan fingerprint density at radius 2 is 2.04 bits per heavy atom. The van der Waals surface area contributed by atoms with Gasteiger partial charge in [0, 0.05) is 12.3 Å². The summed E-state index contributed by atoms with van der Waals surface area (Å²) in [7, 11) is 1.16. The molecule has 0 saturated carbocycles. The van der Waals surface area contributed by atoms with E-state index >= 15 is 0 Å². The molecule has 0 N–H and O–H groups in total. The van der Waals surface area contributed by atoms with Crippen LogP contribution in [-0.4, -0.2) is 35.0 Å². The Labute approximate surface area is 149 Å². The normalized spacial score (nSPS) is 11.1. The number of ether oxygens (including phenoxy) is 2. The van der Waals surface area contributed by atoms with Gasteiger partial charge in [-0.15, -0.1) is 11.6 Å². The Hall–Kier alpha value is -2.61. The second-order valence-electron chi connectivity index (χ2n) is 5.98. The molecule has 2 aromatic heterocycles. The molecule has 0 radical (unpaired) electrons. The lowest BCUT2D eigenvalue weighted by molar-refractivity contribution is 0.0574. The SMILES string of the molecule is COC(=O)N(C(=O)OC(C)(C)C)c1ncccc1-c1cc(CCl)no1. The van der Waals surface area contributed by atoms with Crippen molar-refractivity contribution < 1.29 is 23.6 Å². The number of imide groups is 1. The number of carbonyl (C=O) groups excluding carboxylic acids is 2. The molecule has 25 heavy (non-hydrogen) atoms. The first-order chi connectivity index (χ1) is 11.8. The summed E-state index contributed by atoms with van der Waals surface area (Å²) in [6.07, 6.45) is -0.430. The monoisotopic (exact) mass is 367 g/mol. The van der Waals surface area contributed by atoms with E-state index < -0.39 is 17.8 Å². The second-order valence-corrected chi connectivity index (χ2v) is 6.24. The standard InChI is InChI=1S/C16H18ClN3O5/c1-16(2,3)24-15(22)20(14(21)23-4)13-11(6-5-7-18-13)12-8-10(9-17)19-25-12/h5-8H,9H2,1-4H3. The van der Waals surface area contributed by atoms with Crippen LogP contribution in [-0.2, 0) is 15.4 Å². The summed E-state index contributed by atoms with van der Waals surface area (Å²) >= 11 is 5.73. The average Bonchev–Trinajstić information content (AvgIpc) is 3.02. The van der Waals surface area contributed by atoms with Gasteiger partial charge in [0.1, 0.15) is 5.60 Å². The molecule has 0 aliphatic carbocycles. The third-order valence-electron chi connectivity index (χ3n) is 2.89. The van der Waals surface area contributed by atoms with Gasteiger partial charge in [-0.25, -0.2) is 14.6 Å². The maximum absolute atomic E-state index is 12.5. The van der Waals surface area contributed by atoms with Gasteiger partial charge in [0.25, 0.3) is 0 Å². The van der Waals surface area contributed by atoms with Crippen LogP contribution >= 0.6 is 11.6 Å². The Kier molecular flexibility index (Phi) is 5.63. The first-order valence-corrected chi connectivity index (χ1v) is 7.88. The van der Waals surface area contributed by atoms with Gasteiger partial charge in [-0.1, -0.05) is 5.16 Å². The van der Waals surface area contributed by atoms with E-state index in [2.05, 4.69) is 10.1 Å². The van der Waals surface area contributed by atoms with Crippen LogP contribution in [0.2, 0.25) is 0 Å². The third kappa shape index (κ3) is 4.48. The van der Waals surface area contributed by atoms with Crippen molar-refractivity contribution in [3.8, 4) is 11.3 Å². The van der Waals surface area contributed by atoms with Crippen molar-refractivity contribution >= 4 is 29.6 Å². The van der Waals surface area contributed by atoms with Crippen LogP contribution in [0.4, 0.5) is 15.4 Å². The van der Waals surface area contributed by atoms with Crippen LogP contribution in [0, 0.1) is 0 Å². The van der Waals surface area contributed by atoms with E-state index in [1.54, 1.807) is 39.0 Å². The Morgan fingerprint density at radius 3 is 2.60 bits per heavy atom. The van der Waals surface area contributed by atoms with Gasteiger partial charge < -0.3 is 14.0 Å². The molecule has 2 rings (SSSR count). The van der Waals surface area contributed by atoms with E-state index in [0.29, 0.717) is 21.9 Å². The number of nitrogens with zero attached hydrogens (tertiary/aromatic N) is 3. The summed E-state index contributed by atoms with van der Waals surface area (Å²) in [4.78, 5) is 29.5. The van der Waals surface area contributed by atoms with Crippen molar-refractivity contribution in [3.63, 3.8) is 0 Å². The summed E-state index contributed by atoms with van der Waals surface area (Å²) in [6.45, 7) is 5.05. The molecule has 2 amide bonds. The summed E-state index contributed by atoms with van der Waals surface area (Å²) < 4.78 is 15.2. The zero-order valence-electron chi connectivity index (χ0n) is 14.3. The number of carbonyl (C=O) groups is 2. The third-order valence-corrected chi connectivity index (χ3v) is 3.17. The van der Waals surface area contributed by atoms with Crippen LogP contribution < -0.4 is 4.90 Å². The van der Waals surface area contributed by atoms with Gasteiger partial charge in [-0.05, 0) is 32.9 Å². The zero-order chi connectivity index (χ0) is 18.6. The number of amides is 2. The second kappa shape index (κ2) is 7.52. The lowest BCUT2D eigenvalue weighted by Crippen LogP contribution is -2.41. The van der Waals surface area contributed by atoms with E-state index in [0.717, 1.165) is 7.11 Å². The lowest BCUT2D eigenvalue weighted by Gasteiger charge is -2.25. The molecule has 8 nitrogen and oxygen atoms in total. The van der Waals surface area contributed by atoms with Gasteiger partial charge in [0.05, 0.1) is 24.2 Å². The highest BCUT2D eigenvalue weighted by molar-refractivity contribution is 6.17. The fourth-order valence-electron chi connectivity index (χ4n) is 1.92. The van der Waals surface area contributed by atoms with E-state index in [1.807, 2.05) is 0 Å². The number of alkyl halides is 1. The first kappa shape index (κ1) is 18.7. The Bertz CT molecular complexity index is 769. The van der Waals surface area contributed by atoms with E-state index in [1.165, 1.54) is 6.20 Å². The van der Waals surface area contributed by atoms with Crippen LogP contribution in [0.15, 0.2) is 28.9 Å². The minimum Gasteiger partial charge on any atom is -0.452 e. The van der Waals surface area contributed by atoms with Gasteiger partial charge in [-0.2, -0.15) is 4.90 Å². The van der Waals surface area contributed by atoms with Gasteiger partial charge in [0.2, 0.25) is 0 Å². The molecule has 0 fully saturated rings. The highest BCUT2D eigenvalue weighted by Gasteiger charge is 2.33.